The third-order valence-electron chi connectivity index (χ3n) is 5.18. The van der Waals surface area contributed by atoms with Gasteiger partial charge in [0.05, 0.1) is 0 Å². The summed E-state index contributed by atoms with van der Waals surface area (Å²) in [7, 11) is 0. The monoisotopic (exact) mass is 349 g/mol. The first kappa shape index (κ1) is 16.6. The van der Waals surface area contributed by atoms with E-state index in [2.05, 4.69) is 17.4 Å². The third-order valence-corrected chi connectivity index (χ3v) is 5.18. The summed E-state index contributed by atoms with van der Waals surface area (Å²) in [5, 5.41) is 3.13. The average molecular weight is 349 g/mol. The first-order chi connectivity index (χ1) is 12.7. The van der Waals surface area contributed by atoms with Gasteiger partial charge in [0.2, 0.25) is 0 Å². The molecule has 1 fully saturated rings. The van der Waals surface area contributed by atoms with Crippen LogP contribution in [0.1, 0.15) is 34.3 Å². The van der Waals surface area contributed by atoms with Crippen LogP contribution < -0.4 is 5.32 Å². The highest BCUT2D eigenvalue weighted by Crippen LogP contribution is 2.22. The second-order valence-electron chi connectivity index (χ2n) is 7.03. The van der Waals surface area contributed by atoms with E-state index in [-0.39, 0.29) is 18.0 Å². The fourth-order valence-corrected chi connectivity index (χ4v) is 3.79. The van der Waals surface area contributed by atoms with Crippen molar-refractivity contribution in [3.63, 3.8) is 0 Å². The van der Waals surface area contributed by atoms with E-state index < -0.39 is 0 Å². The maximum atomic E-state index is 12.6. The van der Waals surface area contributed by atoms with E-state index in [1.54, 1.807) is 0 Å². The Morgan fingerprint density at radius 1 is 0.885 bits per heavy atom. The molecule has 1 N–H and O–H groups in total. The van der Waals surface area contributed by atoms with Crippen LogP contribution in [0, 0.1) is 0 Å². The highest BCUT2D eigenvalue weighted by Gasteiger charge is 2.28. The molecule has 5 heteroatoms. The number of amides is 3. The number of fused-ring (bicyclic) bond motifs is 1. The number of nitrogens with one attached hydrogen (secondary N) is 1. The van der Waals surface area contributed by atoms with Crippen molar-refractivity contribution in [1.29, 1.82) is 0 Å². The molecule has 1 saturated heterocycles. The molecule has 0 saturated carbocycles. The lowest BCUT2D eigenvalue weighted by atomic mass is 10.0. The fraction of sp³-hybridized carbons (Fsp3) is 0.333. The molecule has 0 aromatic heterocycles. The summed E-state index contributed by atoms with van der Waals surface area (Å²) in [4.78, 5) is 29.0. The van der Waals surface area contributed by atoms with E-state index in [1.807, 2.05) is 52.3 Å². The molecule has 0 radical (unpaired) electrons. The van der Waals surface area contributed by atoms with E-state index in [9.17, 15) is 9.59 Å². The van der Waals surface area contributed by atoms with E-state index in [0.29, 0.717) is 25.2 Å². The number of urea groups is 1. The Labute approximate surface area is 153 Å². The topological polar surface area (TPSA) is 52.7 Å². The summed E-state index contributed by atoms with van der Waals surface area (Å²) in [5.41, 5.74) is 3.13. The molecule has 5 nitrogen and oxygen atoms in total. The summed E-state index contributed by atoms with van der Waals surface area (Å²) >= 11 is 0. The Bertz CT molecular complexity index is 781. The Balaban J connectivity index is 1.35. The molecule has 0 aliphatic carbocycles. The minimum atomic E-state index is -0.0415. The molecular weight excluding hydrogens is 326 g/mol. The SMILES string of the molecule is O=C(N[C@H]1CCCN(C(=O)c2ccccc2)C1)N1Cc2ccccc2C1. The number of benzene rings is 2. The summed E-state index contributed by atoms with van der Waals surface area (Å²) in [6, 6.07) is 17.5. The number of carbonyl (C=O) groups is 2. The van der Waals surface area contributed by atoms with Gasteiger partial charge in [-0.1, -0.05) is 42.5 Å². The van der Waals surface area contributed by atoms with Gasteiger partial charge in [0.25, 0.3) is 5.91 Å². The van der Waals surface area contributed by atoms with E-state index >= 15 is 0 Å². The summed E-state index contributed by atoms with van der Waals surface area (Å²) in [6.45, 7) is 2.62. The Morgan fingerprint density at radius 3 is 2.23 bits per heavy atom. The van der Waals surface area contributed by atoms with Crippen molar-refractivity contribution in [2.75, 3.05) is 13.1 Å². The van der Waals surface area contributed by atoms with Gasteiger partial charge in [-0.25, -0.2) is 4.79 Å². The Hall–Kier alpha value is -2.82. The van der Waals surface area contributed by atoms with Crippen LogP contribution in [-0.2, 0) is 13.1 Å². The van der Waals surface area contributed by atoms with Crippen LogP contribution in [0.25, 0.3) is 0 Å². The Morgan fingerprint density at radius 2 is 1.54 bits per heavy atom. The molecule has 26 heavy (non-hydrogen) atoms. The van der Waals surface area contributed by atoms with Crippen LogP contribution in [0.4, 0.5) is 4.79 Å². The molecular formula is C21H23N3O2. The molecule has 0 spiro atoms. The summed E-state index contributed by atoms with van der Waals surface area (Å²) < 4.78 is 0. The molecule has 134 valence electrons. The van der Waals surface area contributed by atoms with Gasteiger partial charge >= 0.3 is 6.03 Å². The minimum Gasteiger partial charge on any atom is -0.337 e. The van der Waals surface area contributed by atoms with Crippen molar-refractivity contribution in [2.45, 2.75) is 32.0 Å². The van der Waals surface area contributed by atoms with Gasteiger partial charge in [0, 0.05) is 37.8 Å². The van der Waals surface area contributed by atoms with Crippen molar-refractivity contribution >= 4 is 11.9 Å². The second-order valence-corrected chi connectivity index (χ2v) is 7.03. The molecule has 2 heterocycles. The molecule has 2 aliphatic heterocycles. The number of hydrogen-bond donors (Lipinski definition) is 1. The van der Waals surface area contributed by atoms with Crippen LogP contribution in [-0.4, -0.2) is 40.9 Å². The molecule has 2 aliphatic rings. The Kier molecular flexibility index (Phi) is 4.61. The standard InChI is InChI=1S/C21H23N3O2/c25-20(16-7-2-1-3-8-16)23-12-6-11-19(15-23)22-21(26)24-13-17-9-4-5-10-18(17)14-24/h1-5,7-10,19H,6,11-15H2,(H,22,26)/t19-/m0/s1. The predicted molar refractivity (Wildman–Crippen MR) is 99.6 cm³/mol. The number of likely N-dealkylation sites (tertiary alicyclic amines) is 1. The van der Waals surface area contributed by atoms with E-state index in [0.717, 1.165) is 19.4 Å². The maximum absolute atomic E-state index is 12.6. The average Bonchev–Trinajstić information content (AvgIpc) is 3.13. The van der Waals surface area contributed by atoms with Crippen molar-refractivity contribution in [2.24, 2.45) is 0 Å². The number of nitrogens with zero attached hydrogens (tertiary/aromatic N) is 2. The lowest BCUT2D eigenvalue weighted by Crippen LogP contribution is -2.52. The zero-order valence-electron chi connectivity index (χ0n) is 14.7. The van der Waals surface area contributed by atoms with E-state index in [1.165, 1.54) is 11.1 Å². The quantitative estimate of drug-likeness (QED) is 0.906. The predicted octanol–water partition coefficient (Wildman–Crippen LogP) is 3.02. The van der Waals surface area contributed by atoms with Crippen molar-refractivity contribution in [1.82, 2.24) is 15.1 Å². The molecule has 1 atom stereocenters. The van der Waals surface area contributed by atoms with E-state index in [4.69, 9.17) is 0 Å². The largest absolute Gasteiger partial charge is 0.337 e. The van der Waals surface area contributed by atoms with Gasteiger partial charge in [-0.05, 0) is 36.1 Å². The molecule has 2 aromatic rings. The lowest BCUT2D eigenvalue weighted by molar-refractivity contribution is 0.0694. The van der Waals surface area contributed by atoms with Gasteiger partial charge in [-0.3, -0.25) is 4.79 Å². The highest BCUT2D eigenvalue weighted by atomic mass is 16.2. The smallest absolute Gasteiger partial charge is 0.318 e. The third kappa shape index (κ3) is 3.43. The van der Waals surface area contributed by atoms with Crippen LogP contribution in [0.5, 0.6) is 0 Å². The summed E-state index contributed by atoms with van der Waals surface area (Å²) in [6.07, 6.45) is 1.81. The van der Waals surface area contributed by atoms with Crippen molar-refractivity contribution in [3.8, 4) is 0 Å². The first-order valence-corrected chi connectivity index (χ1v) is 9.17. The van der Waals surface area contributed by atoms with Crippen LogP contribution in [0.15, 0.2) is 54.6 Å². The zero-order chi connectivity index (χ0) is 17.9. The fourth-order valence-electron chi connectivity index (χ4n) is 3.79. The maximum Gasteiger partial charge on any atom is 0.318 e. The van der Waals surface area contributed by atoms with Crippen LogP contribution in [0.3, 0.4) is 0 Å². The molecule has 0 bridgehead atoms. The normalized spacial score (nSPS) is 19.2. The number of piperidine rings is 1. The van der Waals surface area contributed by atoms with Gasteiger partial charge in [-0.15, -0.1) is 0 Å². The lowest BCUT2D eigenvalue weighted by Gasteiger charge is -2.34. The highest BCUT2D eigenvalue weighted by molar-refractivity contribution is 5.94. The van der Waals surface area contributed by atoms with Gasteiger partial charge < -0.3 is 15.1 Å². The minimum absolute atomic E-state index is 0.00706. The van der Waals surface area contributed by atoms with Crippen molar-refractivity contribution in [3.05, 3.63) is 71.3 Å². The van der Waals surface area contributed by atoms with Crippen molar-refractivity contribution < 1.29 is 9.59 Å². The molecule has 3 amide bonds. The molecule has 2 aromatic carbocycles. The second kappa shape index (κ2) is 7.20. The van der Waals surface area contributed by atoms with Gasteiger partial charge in [0.1, 0.15) is 0 Å². The van der Waals surface area contributed by atoms with Gasteiger partial charge in [-0.2, -0.15) is 0 Å². The number of rotatable bonds is 2. The van der Waals surface area contributed by atoms with Crippen LogP contribution in [0.2, 0.25) is 0 Å². The van der Waals surface area contributed by atoms with Gasteiger partial charge in [0.15, 0.2) is 0 Å². The number of hydrogen-bond acceptors (Lipinski definition) is 2. The molecule has 4 rings (SSSR count). The zero-order valence-corrected chi connectivity index (χ0v) is 14.7. The molecule has 0 unspecified atom stereocenters. The first-order valence-electron chi connectivity index (χ1n) is 9.17. The summed E-state index contributed by atoms with van der Waals surface area (Å²) in [5.74, 6) is 0.0399. The number of carbonyl (C=O) groups excluding carboxylic acids is 2. The van der Waals surface area contributed by atoms with Crippen LogP contribution >= 0.6 is 0 Å².